The summed E-state index contributed by atoms with van der Waals surface area (Å²) in [6.07, 6.45) is 7.17. The summed E-state index contributed by atoms with van der Waals surface area (Å²) < 4.78 is 32.3. The van der Waals surface area contributed by atoms with Gasteiger partial charge in [-0.25, -0.2) is 8.42 Å². The molecule has 0 saturated heterocycles. The zero-order chi connectivity index (χ0) is 21.4. The molecule has 8 heteroatoms. The molecule has 1 N–H and O–H groups in total. The van der Waals surface area contributed by atoms with Crippen LogP contribution in [0.1, 0.15) is 52.4 Å². The summed E-state index contributed by atoms with van der Waals surface area (Å²) in [7, 11) is -0.131. The number of hydrogen-bond donors (Lipinski definition) is 1. The van der Waals surface area contributed by atoms with E-state index in [1.54, 1.807) is 19.9 Å². The number of carbonyl (C=O) groups excluding carboxylic acids is 1. The van der Waals surface area contributed by atoms with Crippen LogP contribution in [-0.4, -0.2) is 63.4 Å². The van der Waals surface area contributed by atoms with Crippen LogP contribution in [0, 0.1) is 0 Å². The molecule has 164 valence electrons. The van der Waals surface area contributed by atoms with E-state index in [4.69, 9.17) is 4.74 Å². The van der Waals surface area contributed by atoms with Gasteiger partial charge >= 0.3 is 0 Å². The molecule has 0 radical (unpaired) electrons. The molecular formula is C21H35N3O4S. The van der Waals surface area contributed by atoms with Crippen LogP contribution in [0.2, 0.25) is 0 Å². The van der Waals surface area contributed by atoms with E-state index in [2.05, 4.69) is 10.2 Å². The van der Waals surface area contributed by atoms with E-state index in [0.29, 0.717) is 30.6 Å². The van der Waals surface area contributed by atoms with Crippen molar-refractivity contribution in [2.45, 2.75) is 63.3 Å². The van der Waals surface area contributed by atoms with E-state index in [0.717, 1.165) is 12.8 Å². The quantitative estimate of drug-likeness (QED) is 0.614. The maximum absolute atomic E-state index is 12.8. The molecule has 1 fully saturated rings. The first-order valence-corrected chi connectivity index (χ1v) is 12.0. The number of likely N-dealkylation sites (N-methyl/N-ethyl adjacent to an activating group) is 1. The fourth-order valence-corrected chi connectivity index (χ4v) is 5.39. The molecule has 0 aliphatic heterocycles. The molecule has 0 aromatic heterocycles. The number of benzene rings is 1. The Morgan fingerprint density at radius 1 is 1.14 bits per heavy atom. The van der Waals surface area contributed by atoms with Gasteiger partial charge in [-0.15, -0.1) is 0 Å². The van der Waals surface area contributed by atoms with Crippen LogP contribution in [0.15, 0.2) is 23.1 Å². The Kier molecular flexibility index (Phi) is 8.92. The number of anilines is 1. The number of ether oxygens (including phenoxy) is 1. The molecule has 0 bridgehead atoms. The van der Waals surface area contributed by atoms with Crippen LogP contribution in [0.25, 0.3) is 0 Å². The van der Waals surface area contributed by atoms with Crippen LogP contribution < -0.4 is 10.1 Å². The maximum Gasteiger partial charge on any atom is 0.243 e. The van der Waals surface area contributed by atoms with Gasteiger partial charge in [-0.3, -0.25) is 9.69 Å². The second-order valence-electron chi connectivity index (χ2n) is 7.56. The molecule has 1 aromatic rings. The highest BCUT2D eigenvalue weighted by Crippen LogP contribution is 2.29. The standard InChI is InChI=1S/C21H35N3O4S/c1-5-24(6-2)29(26,27)18-13-14-20(28-4)19(15-18)22-21(25)16-23(3)17-11-9-7-8-10-12-17/h13-15,17H,5-12,16H2,1-4H3,(H,22,25). The van der Waals surface area contributed by atoms with Gasteiger partial charge in [0.05, 0.1) is 24.2 Å². The Balaban J connectivity index is 2.15. The first-order chi connectivity index (χ1) is 13.8. The Morgan fingerprint density at radius 3 is 2.31 bits per heavy atom. The van der Waals surface area contributed by atoms with Gasteiger partial charge in [0.25, 0.3) is 0 Å². The number of amides is 1. The summed E-state index contributed by atoms with van der Waals surface area (Å²) in [5.74, 6) is 0.265. The third-order valence-corrected chi connectivity index (χ3v) is 7.68. The Hall–Kier alpha value is -1.64. The number of hydrogen-bond acceptors (Lipinski definition) is 5. The minimum absolute atomic E-state index is 0.148. The molecule has 7 nitrogen and oxygen atoms in total. The largest absolute Gasteiger partial charge is 0.495 e. The molecule has 1 aromatic carbocycles. The molecule has 1 saturated carbocycles. The minimum Gasteiger partial charge on any atom is -0.495 e. The van der Waals surface area contributed by atoms with Crippen LogP contribution in [0.4, 0.5) is 5.69 Å². The summed E-state index contributed by atoms with van der Waals surface area (Å²) in [6.45, 7) is 4.64. The highest BCUT2D eigenvalue weighted by atomic mass is 32.2. The van der Waals surface area contributed by atoms with Crippen molar-refractivity contribution >= 4 is 21.6 Å². The van der Waals surface area contributed by atoms with Crippen molar-refractivity contribution in [3.8, 4) is 5.75 Å². The fourth-order valence-electron chi connectivity index (χ4n) is 3.90. The fraction of sp³-hybridized carbons (Fsp3) is 0.667. The lowest BCUT2D eigenvalue weighted by atomic mass is 10.1. The molecule has 1 amide bonds. The molecule has 29 heavy (non-hydrogen) atoms. The van der Waals surface area contributed by atoms with Crippen molar-refractivity contribution in [3.05, 3.63) is 18.2 Å². The second-order valence-corrected chi connectivity index (χ2v) is 9.50. The predicted octanol–water partition coefficient (Wildman–Crippen LogP) is 3.32. The van der Waals surface area contributed by atoms with E-state index >= 15 is 0 Å². The first kappa shape index (κ1) is 23.6. The molecule has 2 rings (SSSR count). The zero-order valence-corrected chi connectivity index (χ0v) is 18.9. The van der Waals surface area contributed by atoms with Crippen LogP contribution >= 0.6 is 0 Å². The lowest BCUT2D eigenvalue weighted by Gasteiger charge is -2.26. The number of rotatable bonds is 9. The maximum atomic E-state index is 12.8. The smallest absolute Gasteiger partial charge is 0.243 e. The predicted molar refractivity (Wildman–Crippen MR) is 116 cm³/mol. The van der Waals surface area contributed by atoms with Gasteiger partial charge < -0.3 is 10.1 Å². The van der Waals surface area contributed by atoms with Gasteiger partial charge in [0, 0.05) is 19.1 Å². The van der Waals surface area contributed by atoms with Gasteiger partial charge in [-0.2, -0.15) is 4.31 Å². The Bertz CT molecular complexity index is 770. The van der Waals surface area contributed by atoms with Crippen molar-refractivity contribution in [1.29, 1.82) is 0 Å². The van der Waals surface area contributed by atoms with E-state index in [-0.39, 0.29) is 17.3 Å². The Labute approximate surface area is 175 Å². The number of nitrogens with zero attached hydrogens (tertiary/aromatic N) is 2. The average molecular weight is 426 g/mol. The Morgan fingerprint density at radius 2 is 1.76 bits per heavy atom. The number of nitrogens with one attached hydrogen (secondary N) is 1. The monoisotopic (exact) mass is 425 g/mol. The van der Waals surface area contributed by atoms with E-state index in [1.807, 2.05) is 7.05 Å². The van der Waals surface area contributed by atoms with Gasteiger partial charge in [0.1, 0.15) is 5.75 Å². The van der Waals surface area contributed by atoms with E-state index < -0.39 is 10.0 Å². The number of methoxy groups -OCH3 is 1. The van der Waals surface area contributed by atoms with Crippen molar-refractivity contribution in [2.75, 3.05) is 39.1 Å². The normalized spacial score (nSPS) is 16.1. The molecule has 0 spiro atoms. The lowest BCUT2D eigenvalue weighted by molar-refractivity contribution is -0.117. The van der Waals surface area contributed by atoms with Crippen LogP contribution in [0.3, 0.4) is 0 Å². The topological polar surface area (TPSA) is 79.0 Å². The molecule has 0 unspecified atom stereocenters. The molecule has 0 atom stereocenters. The minimum atomic E-state index is -3.61. The molecular weight excluding hydrogens is 390 g/mol. The van der Waals surface area contributed by atoms with E-state index in [1.165, 1.54) is 49.2 Å². The summed E-state index contributed by atoms with van der Waals surface area (Å²) in [4.78, 5) is 14.9. The van der Waals surface area contributed by atoms with Gasteiger partial charge in [-0.1, -0.05) is 39.5 Å². The summed E-state index contributed by atoms with van der Waals surface area (Å²) >= 11 is 0. The van der Waals surface area contributed by atoms with E-state index in [9.17, 15) is 13.2 Å². The number of carbonyl (C=O) groups is 1. The highest BCUT2D eigenvalue weighted by molar-refractivity contribution is 7.89. The highest BCUT2D eigenvalue weighted by Gasteiger charge is 2.24. The third-order valence-electron chi connectivity index (χ3n) is 5.63. The van der Waals surface area contributed by atoms with Crippen LogP contribution in [-0.2, 0) is 14.8 Å². The van der Waals surface area contributed by atoms with Gasteiger partial charge in [0.2, 0.25) is 15.9 Å². The third kappa shape index (κ3) is 6.17. The summed E-state index contributed by atoms with van der Waals surface area (Å²) in [6, 6.07) is 5.00. The van der Waals surface area contributed by atoms with Crippen molar-refractivity contribution in [2.24, 2.45) is 0 Å². The zero-order valence-electron chi connectivity index (χ0n) is 18.1. The molecule has 0 heterocycles. The molecule has 1 aliphatic carbocycles. The summed E-state index contributed by atoms with van der Waals surface area (Å²) in [5, 5.41) is 2.85. The van der Waals surface area contributed by atoms with Gasteiger partial charge in [-0.05, 0) is 38.1 Å². The first-order valence-electron chi connectivity index (χ1n) is 10.5. The van der Waals surface area contributed by atoms with Crippen molar-refractivity contribution in [3.63, 3.8) is 0 Å². The van der Waals surface area contributed by atoms with Gasteiger partial charge in [0.15, 0.2) is 0 Å². The lowest BCUT2D eigenvalue weighted by Crippen LogP contribution is -2.37. The van der Waals surface area contributed by atoms with Crippen LogP contribution in [0.5, 0.6) is 5.75 Å². The van der Waals surface area contributed by atoms with Crippen molar-refractivity contribution < 1.29 is 17.9 Å². The van der Waals surface area contributed by atoms with Crippen molar-refractivity contribution in [1.82, 2.24) is 9.21 Å². The second kappa shape index (κ2) is 10.9. The SMILES string of the molecule is CCN(CC)S(=O)(=O)c1ccc(OC)c(NC(=O)CN(C)C2CCCCCC2)c1. The number of sulfonamides is 1. The summed E-state index contributed by atoms with van der Waals surface area (Å²) in [5.41, 5.74) is 0.375. The average Bonchev–Trinajstić information content (AvgIpc) is 2.98. The molecule has 1 aliphatic rings.